The summed E-state index contributed by atoms with van der Waals surface area (Å²) < 4.78 is 0. The van der Waals surface area contributed by atoms with Crippen LogP contribution in [-0.2, 0) is 0 Å². The van der Waals surface area contributed by atoms with Crippen LogP contribution >= 0.6 is 0 Å². The molecular weight excluding hydrogens is 242 g/mol. The summed E-state index contributed by atoms with van der Waals surface area (Å²) in [5, 5.41) is 12.6. The Bertz CT molecular complexity index is 478. The molecule has 0 bridgehead atoms. The molecule has 3 heterocycles. The number of aromatic carboxylic acids is 1. The Balaban J connectivity index is 1.75. The number of piperidine rings is 2. The highest BCUT2D eigenvalue weighted by atomic mass is 16.4. The number of nitrogens with one attached hydrogen (secondary N) is 1. The second-order valence-corrected chi connectivity index (χ2v) is 5.40. The van der Waals surface area contributed by atoms with Crippen molar-refractivity contribution in [2.75, 3.05) is 24.5 Å². The van der Waals surface area contributed by atoms with Crippen LogP contribution in [0.15, 0.2) is 18.3 Å². The summed E-state index contributed by atoms with van der Waals surface area (Å²) in [4.78, 5) is 17.1. The van der Waals surface area contributed by atoms with Crippen LogP contribution in [0.3, 0.4) is 0 Å². The molecule has 2 fully saturated rings. The van der Waals surface area contributed by atoms with Crippen molar-refractivity contribution >= 4 is 11.7 Å². The van der Waals surface area contributed by atoms with Crippen LogP contribution in [0.5, 0.6) is 0 Å². The summed E-state index contributed by atoms with van der Waals surface area (Å²) in [5.41, 5.74) is 1.11. The number of hydrogen-bond acceptors (Lipinski definition) is 4. The largest absolute Gasteiger partial charge is 0.477 e. The van der Waals surface area contributed by atoms with Gasteiger partial charge in [0.15, 0.2) is 0 Å². The van der Waals surface area contributed by atoms with Gasteiger partial charge in [0.1, 0.15) is 5.69 Å². The van der Waals surface area contributed by atoms with Crippen molar-refractivity contribution < 1.29 is 9.90 Å². The number of pyridine rings is 1. The quantitative estimate of drug-likeness (QED) is 0.841. The molecule has 0 amide bonds. The van der Waals surface area contributed by atoms with E-state index in [0.29, 0.717) is 12.0 Å². The number of anilines is 1. The zero-order valence-electron chi connectivity index (χ0n) is 10.9. The Labute approximate surface area is 112 Å². The zero-order valence-corrected chi connectivity index (χ0v) is 10.9. The predicted octanol–water partition coefficient (Wildman–Crippen LogP) is 1.36. The fourth-order valence-electron chi connectivity index (χ4n) is 3.21. The van der Waals surface area contributed by atoms with Gasteiger partial charge < -0.3 is 15.3 Å². The first-order chi connectivity index (χ1) is 9.24. The third-order valence-electron chi connectivity index (χ3n) is 4.22. The van der Waals surface area contributed by atoms with Crippen LogP contribution in [0.4, 0.5) is 5.69 Å². The SMILES string of the molecule is O=C(O)c1cc(N2CC[C@@H]3NCCC[C@@H]3C2)ccn1. The third kappa shape index (κ3) is 2.56. The number of fused-ring (bicyclic) bond motifs is 1. The molecular formula is C14H19N3O2. The van der Waals surface area contributed by atoms with Crippen molar-refractivity contribution in [1.29, 1.82) is 0 Å². The average molecular weight is 261 g/mol. The van der Waals surface area contributed by atoms with Crippen molar-refractivity contribution in [1.82, 2.24) is 10.3 Å². The molecule has 0 unspecified atom stereocenters. The summed E-state index contributed by atoms with van der Waals surface area (Å²) >= 11 is 0. The minimum Gasteiger partial charge on any atom is -0.477 e. The van der Waals surface area contributed by atoms with E-state index in [4.69, 9.17) is 5.11 Å². The van der Waals surface area contributed by atoms with Gasteiger partial charge in [0.05, 0.1) is 0 Å². The number of rotatable bonds is 2. The number of aromatic nitrogens is 1. The molecule has 19 heavy (non-hydrogen) atoms. The third-order valence-corrected chi connectivity index (χ3v) is 4.22. The second kappa shape index (κ2) is 5.17. The van der Waals surface area contributed by atoms with Gasteiger partial charge in [-0.15, -0.1) is 0 Å². The van der Waals surface area contributed by atoms with Crippen LogP contribution in [0.25, 0.3) is 0 Å². The van der Waals surface area contributed by atoms with E-state index in [9.17, 15) is 4.79 Å². The lowest BCUT2D eigenvalue weighted by atomic mass is 9.85. The summed E-state index contributed by atoms with van der Waals surface area (Å²) in [6.45, 7) is 3.14. The molecule has 5 nitrogen and oxygen atoms in total. The average Bonchev–Trinajstić information content (AvgIpc) is 2.47. The van der Waals surface area contributed by atoms with Gasteiger partial charge in [0, 0.05) is 31.0 Å². The van der Waals surface area contributed by atoms with E-state index < -0.39 is 5.97 Å². The lowest BCUT2D eigenvalue weighted by molar-refractivity contribution is 0.0690. The van der Waals surface area contributed by atoms with Crippen molar-refractivity contribution in [2.24, 2.45) is 5.92 Å². The first-order valence-electron chi connectivity index (χ1n) is 6.92. The van der Waals surface area contributed by atoms with Crippen molar-refractivity contribution in [3.63, 3.8) is 0 Å². The van der Waals surface area contributed by atoms with Gasteiger partial charge in [0.25, 0.3) is 0 Å². The Kier molecular flexibility index (Phi) is 3.38. The summed E-state index contributed by atoms with van der Waals surface area (Å²) in [6, 6.07) is 4.23. The maximum Gasteiger partial charge on any atom is 0.354 e. The fourth-order valence-corrected chi connectivity index (χ4v) is 3.21. The number of hydrogen-bond donors (Lipinski definition) is 2. The minimum atomic E-state index is -0.962. The lowest BCUT2D eigenvalue weighted by Gasteiger charge is -2.42. The molecule has 2 aliphatic heterocycles. The maximum atomic E-state index is 11.0. The van der Waals surface area contributed by atoms with Crippen molar-refractivity contribution in [2.45, 2.75) is 25.3 Å². The molecule has 0 radical (unpaired) electrons. The van der Waals surface area contributed by atoms with Crippen LogP contribution in [-0.4, -0.2) is 41.7 Å². The standard InChI is InChI=1S/C14H19N3O2/c18-14(19)13-8-11(3-6-16-13)17-7-4-12-10(9-17)2-1-5-15-12/h3,6,8,10,12,15H,1-2,4-5,7,9H2,(H,18,19)/t10-,12+/m1/s1. The van der Waals surface area contributed by atoms with E-state index in [1.54, 1.807) is 12.3 Å². The van der Waals surface area contributed by atoms with Gasteiger partial charge in [-0.25, -0.2) is 9.78 Å². The molecule has 2 aliphatic rings. The van der Waals surface area contributed by atoms with E-state index in [0.717, 1.165) is 31.7 Å². The van der Waals surface area contributed by atoms with Crippen LogP contribution in [0.1, 0.15) is 29.8 Å². The van der Waals surface area contributed by atoms with E-state index in [2.05, 4.69) is 15.2 Å². The van der Waals surface area contributed by atoms with E-state index in [-0.39, 0.29) is 5.69 Å². The lowest BCUT2D eigenvalue weighted by Crippen LogP contribution is -2.52. The molecule has 1 aromatic heterocycles. The molecule has 1 aromatic rings. The van der Waals surface area contributed by atoms with Crippen LogP contribution in [0.2, 0.25) is 0 Å². The summed E-state index contributed by atoms with van der Waals surface area (Å²) in [6.07, 6.45) is 5.23. The smallest absolute Gasteiger partial charge is 0.354 e. The second-order valence-electron chi connectivity index (χ2n) is 5.40. The molecule has 0 aromatic carbocycles. The normalized spacial score (nSPS) is 26.8. The molecule has 5 heteroatoms. The molecule has 2 saturated heterocycles. The fraction of sp³-hybridized carbons (Fsp3) is 0.571. The summed E-state index contributed by atoms with van der Waals surface area (Å²) in [7, 11) is 0. The topological polar surface area (TPSA) is 65.5 Å². The highest BCUT2D eigenvalue weighted by molar-refractivity contribution is 5.86. The van der Waals surface area contributed by atoms with Gasteiger partial charge in [-0.1, -0.05) is 0 Å². The van der Waals surface area contributed by atoms with E-state index in [1.165, 1.54) is 12.8 Å². The highest BCUT2D eigenvalue weighted by Crippen LogP contribution is 2.28. The Hall–Kier alpha value is -1.62. The van der Waals surface area contributed by atoms with Crippen LogP contribution in [0, 0.1) is 5.92 Å². The predicted molar refractivity (Wildman–Crippen MR) is 72.5 cm³/mol. The number of carboxylic acids is 1. The monoisotopic (exact) mass is 261 g/mol. The maximum absolute atomic E-state index is 11.0. The molecule has 102 valence electrons. The molecule has 0 aliphatic carbocycles. The summed E-state index contributed by atoms with van der Waals surface area (Å²) in [5.74, 6) is -0.278. The minimum absolute atomic E-state index is 0.126. The Morgan fingerprint density at radius 2 is 2.37 bits per heavy atom. The van der Waals surface area contributed by atoms with E-state index in [1.807, 2.05) is 6.07 Å². The zero-order chi connectivity index (χ0) is 13.2. The van der Waals surface area contributed by atoms with Gasteiger partial charge in [-0.05, 0) is 43.9 Å². The first kappa shape index (κ1) is 12.4. The number of carbonyl (C=O) groups is 1. The molecule has 2 N–H and O–H groups in total. The van der Waals surface area contributed by atoms with Gasteiger partial charge in [-0.3, -0.25) is 0 Å². The molecule has 0 spiro atoms. The van der Waals surface area contributed by atoms with Crippen molar-refractivity contribution in [3.8, 4) is 0 Å². The Morgan fingerprint density at radius 1 is 1.47 bits per heavy atom. The van der Waals surface area contributed by atoms with Gasteiger partial charge >= 0.3 is 5.97 Å². The van der Waals surface area contributed by atoms with Crippen LogP contribution < -0.4 is 10.2 Å². The molecule has 2 atom stereocenters. The Morgan fingerprint density at radius 3 is 3.21 bits per heavy atom. The van der Waals surface area contributed by atoms with E-state index >= 15 is 0 Å². The molecule has 3 rings (SSSR count). The first-order valence-corrected chi connectivity index (χ1v) is 6.92. The van der Waals surface area contributed by atoms with Gasteiger partial charge in [0.2, 0.25) is 0 Å². The molecule has 0 saturated carbocycles. The van der Waals surface area contributed by atoms with Crippen molar-refractivity contribution in [3.05, 3.63) is 24.0 Å². The number of carboxylic acid groups (broad SMARTS) is 1. The van der Waals surface area contributed by atoms with Gasteiger partial charge in [-0.2, -0.15) is 0 Å². The highest BCUT2D eigenvalue weighted by Gasteiger charge is 2.31. The number of nitrogens with zero attached hydrogens (tertiary/aromatic N) is 2.